The predicted molar refractivity (Wildman–Crippen MR) is 98.9 cm³/mol. The normalized spacial score (nSPS) is 15.7. The lowest BCUT2D eigenvalue weighted by atomic mass is 9.95. The lowest BCUT2D eigenvalue weighted by Crippen LogP contribution is -2.41. The summed E-state index contributed by atoms with van der Waals surface area (Å²) < 4.78 is 13.6. The van der Waals surface area contributed by atoms with Crippen molar-refractivity contribution < 1.29 is 9.18 Å². The Morgan fingerprint density at radius 2 is 1.96 bits per heavy atom. The third-order valence-corrected chi connectivity index (χ3v) is 4.32. The molecule has 1 aromatic carbocycles. The van der Waals surface area contributed by atoms with Crippen LogP contribution in [0, 0.1) is 5.82 Å². The lowest BCUT2D eigenvalue weighted by Gasteiger charge is -2.22. The highest BCUT2D eigenvalue weighted by molar-refractivity contribution is 5.81. The van der Waals surface area contributed by atoms with E-state index in [1.165, 1.54) is 25.3 Å². The van der Waals surface area contributed by atoms with E-state index >= 15 is 0 Å². The van der Waals surface area contributed by atoms with E-state index in [0.717, 1.165) is 12.8 Å². The Balaban J connectivity index is 1.75. The summed E-state index contributed by atoms with van der Waals surface area (Å²) in [5, 5.41) is 9.35. The van der Waals surface area contributed by atoms with Gasteiger partial charge >= 0.3 is 0 Å². The van der Waals surface area contributed by atoms with Gasteiger partial charge in [-0.25, -0.2) is 9.38 Å². The zero-order chi connectivity index (χ0) is 17.9. The van der Waals surface area contributed by atoms with Crippen LogP contribution >= 0.6 is 0 Å². The second-order valence-electron chi connectivity index (χ2n) is 6.37. The van der Waals surface area contributed by atoms with Crippen LogP contribution in [0.15, 0.2) is 29.3 Å². The summed E-state index contributed by atoms with van der Waals surface area (Å²) in [4.78, 5) is 16.4. The van der Waals surface area contributed by atoms with Crippen molar-refractivity contribution in [2.75, 3.05) is 13.1 Å². The van der Waals surface area contributed by atoms with E-state index in [4.69, 9.17) is 0 Å². The van der Waals surface area contributed by atoms with Gasteiger partial charge in [0.1, 0.15) is 5.82 Å². The molecule has 138 valence electrons. The zero-order valence-corrected chi connectivity index (χ0v) is 15.0. The first-order chi connectivity index (χ1) is 12.2. The molecule has 1 saturated carbocycles. The number of hydrogen-bond donors (Lipinski definition) is 3. The van der Waals surface area contributed by atoms with Crippen molar-refractivity contribution in [3.63, 3.8) is 0 Å². The summed E-state index contributed by atoms with van der Waals surface area (Å²) in [6.07, 6.45) is 6.27. The molecular weight excluding hydrogens is 319 g/mol. The minimum atomic E-state index is -0.256. The molecule has 2 rings (SSSR count). The van der Waals surface area contributed by atoms with Crippen molar-refractivity contribution in [1.82, 2.24) is 16.0 Å². The van der Waals surface area contributed by atoms with Gasteiger partial charge in [-0.15, -0.1) is 0 Å². The monoisotopic (exact) mass is 348 g/mol. The molecule has 6 heteroatoms. The Labute approximate surface area is 149 Å². The summed E-state index contributed by atoms with van der Waals surface area (Å²) in [7, 11) is 0. The maximum Gasteiger partial charge on any atom is 0.221 e. The van der Waals surface area contributed by atoms with Gasteiger partial charge in [-0.1, -0.05) is 37.5 Å². The highest BCUT2D eigenvalue weighted by Gasteiger charge is 2.15. The largest absolute Gasteiger partial charge is 0.357 e. The van der Waals surface area contributed by atoms with Crippen LogP contribution in [0.4, 0.5) is 4.39 Å². The third kappa shape index (κ3) is 7.11. The van der Waals surface area contributed by atoms with Crippen LogP contribution in [-0.4, -0.2) is 31.0 Å². The second-order valence-corrected chi connectivity index (χ2v) is 6.37. The summed E-state index contributed by atoms with van der Waals surface area (Å²) in [6.45, 7) is 3.44. The van der Waals surface area contributed by atoms with Crippen molar-refractivity contribution in [1.29, 1.82) is 0 Å². The Hall–Kier alpha value is -2.11. The fraction of sp³-hybridized carbons (Fsp3) is 0.579. The molecule has 1 aliphatic carbocycles. The van der Waals surface area contributed by atoms with E-state index in [2.05, 4.69) is 20.9 Å². The van der Waals surface area contributed by atoms with Crippen LogP contribution in [0.25, 0.3) is 0 Å². The van der Waals surface area contributed by atoms with Gasteiger partial charge in [0.05, 0.1) is 6.54 Å². The number of guanidine groups is 1. The molecule has 0 heterocycles. The molecule has 3 N–H and O–H groups in total. The first kappa shape index (κ1) is 19.2. The quantitative estimate of drug-likeness (QED) is 0.524. The minimum Gasteiger partial charge on any atom is -0.357 e. The molecule has 1 aromatic rings. The van der Waals surface area contributed by atoms with Crippen molar-refractivity contribution in [2.24, 2.45) is 4.99 Å². The van der Waals surface area contributed by atoms with E-state index in [1.807, 2.05) is 6.92 Å². The fourth-order valence-electron chi connectivity index (χ4n) is 2.97. The van der Waals surface area contributed by atoms with Crippen molar-refractivity contribution in [3.8, 4) is 0 Å². The van der Waals surface area contributed by atoms with E-state index in [0.29, 0.717) is 37.1 Å². The third-order valence-electron chi connectivity index (χ3n) is 4.32. The molecule has 0 spiro atoms. The Morgan fingerprint density at radius 1 is 1.20 bits per heavy atom. The Kier molecular flexibility index (Phi) is 8.22. The van der Waals surface area contributed by atoms with E-state index in [-0.39, 0.29) is 18.3 Å². The smallest absolute Gasteiger partial charge is 0.221 e. The number of carbonyl (C=O) groups excluding carboxylic acids is 1. The summed E-state index contributed by atoms with van der Waals surface area (Å²) in [5.41, 5.74) is 0.551. The van der Waals surface area contributed by atoms with Crippen LogP contribution < -0.4 is 16.0 Å². The molecule has 0 saturated heterocycles. The zero-order valence-electron chi connectivity index (χ0n) is 15.0. The maximum atomic E-state index is 13.6. The number of halogens is 1. The van der Waals surface area contributed by atoms with Gasteiger partial charge in [0.25, 0.3) is 0 Å². The fourth-order valence-corrected chi connectivity index (χ4v) is 2.97. The van der Waals surface area contributed by atoms with Crippen LogP contribution in [0.1, 0.15) is 51.0 Å². The Morgan fingerprint density at radius 3 is 2.68 bits per heavy atom. The van der Waals surface area contributed by atoms with Crippen molar-refractivity contribution in [3.05, 3.63) is 35.6 Å². The molecule has 0 aromatic heterocycles. The first-order valence-corrected chi connectivity index (χ1v) is 9.24. The van der Waals surface area contributed by atoms with Gasteiger partial charge in [-0.3, -0.25) is 4.79 Å². The topological polar surface area (TPSA) is 65.5 Å². The molecule has 5 nitrogen and oxygen atoms in total. The number of nitrogens with one attached hydrogen (secondary N) is 3. The minimum absolute atomic E-state index is 0.0735. The predicted octanol–water partition coefficient (Wildman–Crippen LogP) is 2.72. The standard InChI is InChI=1S/C19H29FN4O/c1-2-21-19(23-14-15-8-6-7-11-17(15)20)22-13-12-18(25)24-16-9-4-3-5-10-16/h6-8,11,16H,2-5,9-10,12-14H2,1H3,(H,24,25)(H2,21,22,23). The van der Waals surface area contributed by atoms with Gasteiger partial charge in [-0.2, -0.15) is 0 Å². The van der Waals surface area contributed by atoms with Gasteiger partial charge in [0, 0.05) is 31.1 Å². The SMILES string of the molecule is CCNC(=NCc1ccccc1F)NCCC(=O)NC1CCCCC1. The molecule has 0 aliphatic heterocycles. The molecule has 1 amide bonds. The first-order valence-electron chi connectivity index (χ1n) is 9.24. The second kappa shape index (κ2) is 10.7. The summed E-state index contributed by atoms with van der Waals surface area (Å²) >= 11 is 0. The number of benzene rings is 1. The lowest BCUT2D eigenvalue weighted by molar-refractivity contribution is -0.121. The van der Waals surface area contributed by atoms with Crippen LogP contribution in [0.5, 0.6) is 0 Å². The van der Waals surface area contributed by atoms with Gasteiger partial charge in [-0.05, 0) is 25.8 Å². The van der Waals surface area contributed by atoms with Crippen molar-refractivity contribution >= 4 is 11.9 Å². The molecule has 1 fully saturated rings. The number of amides is 1. The molecule has 1 aliphatic rings. The Bertz CT molecular complexity index is 570. The van der Waals surface area contributed by atoms with Crippen LogP contribution in [0.2, 0.25) is 0 Å². The molecule has 0 radical (unpaired) electrons. The molecule has 0 unspecified atom stereocenters. The molecule has 25 heavy (non-hydrogen) atoms. The van der Waals surface area contributed by atoms with Crippen LogP contribution in [-0.2, 0) is 11.3 Å². The van der Waals surface area contributed by atoms with Crippen LogP contribution in [0.3, 0.4) is 0 Å². The van der Waals surface area contributed by atoms with Gasteiger partial charge in [0.15, 0.2) is 5.96 Å². The van der Waals surface area contributed by atoms with E-state index in [9.17, 15) is 9.18 Å². The van der Waals surface area contributed by atoms with Crippen molar-refractivity contribution in [2.45, 2.75) is 58.0 Å². The number of rotatable bonds is 7. The van der Waals surface area contributed by atoms with Gasteiger partial charge in [0.2, 0.25) is 5.91 Å². The number of nitrogens with zero attached hydrogens (tertiary/aromatic N) is 1. The average molecular weight is 348 g/mol. The summed E-state index contributed by atoms with van der Waals surface area (Å²) in [5.74, 6) is 0.412. The highest BCUT2D eigenvalue weighted by Crippen LogP contribution is 2.17. The van der Waals surface area contributed by atoms with E-state index < -0.39 is 0 Å². The number of hydrogen-bond acceptors (Lipinski definition) is 2. The average Bonchev–Trinajstić information content (AvgIpc) is 2.61. The van der Waals surface area contributed by atoms with Gasteiger partial charge < -0.3 is 16.0 Å². The summed E-state index contributed by atoms with van der Waals surface area (Å²) in [6, 6.07) is 6.95. The van der Waals surface area contributed by atoms with E-state index in [1.54, 1.807) is 18.2 Å². The molecular formula is C19H29FN4O. The number of carbonyl (C=O) groups is 1. The highest BCUT2D eigenvalue weighted by atomic mass is 19.1. The molecule has 0 bridgehead atoms. The number of aliphatic imine (C=N–C) groups is 1. The molecule has 0 atom stereocenters. The maximum absolute atomic E-state index is 13.6.